The first kappa shape index (κ1) is 27.8. The second kappa shape index (κ2) is 10.5. The number of benzene rings is 1. The first-order chi connectivity index (χ1) is 17.8. The summed E-state index contributed by atoms with van der Waals surface area (Å²) < 4.78 is 43.4. The van der Waals surface area contributed by atoms with Crippen molar-refractivity contribution in [3.05, 3.63) is 40.8 Å². The van der Waals surface area contributed by atoms with Gasteiger partial charge in [0.05, 0.1) is 5.69 Å². The van der Waals surface area contributed by atoms with Crippen LogP contribution in [0.25, 0.3) is 11.3 Å². The molecule has 38 heavy (non-hydrogen) atoms. The Labute approximate surface area is 220 Å². The molecule has 0 radical (unpaired) electrons. The lowest BCUT2D eigenvalue weighted by molar-refractivity contribution is -0.138. The second-order valence-electron chi connectivity index (χ2n) is 11.4. The van der Waals surface area contributed by atoms with Gasteiger partial charge in [0.15, 0.2) is 11.6 Å². The molecule has 0 spiro atoms. The number of aromatic nitrogens is 2. The van der Waals surface area contributed by atoms with Crippen molar-refractivity contribution in [2.75, 3.05) is 26.7 Å². The third kappa shape index (κ3) is 5.48. The fourth-order valence-corrected chi connectivity index (χ4v) is 5.16. The van der Waals surface area contributed by atoms with Gasteiger partial charge in [0.1, 0.15) is 23.3 Å². The molecule has 2 aliphatic heterocycles. The molecule has 2 aliphatic rings. The molecule has 4 rings (SSSR count). The highest BCUT2D eigenvalue weighted by Crippen LogP contribution is 2.33. The number of hydrogen-bond donors (Lipinski definition) is 1. The number of carbonyl (C=O) groups is 3. The second-order valence-corrected chi connectivity index (χ2v) is 11.4. The summed E-state index contributed by atoms with van der Waals surface area (Å²) in [6.45, 7) is 8.88. The summed E-state index contributed by atoms with van der Waals surface area (Å²) in [4.78, 5) is 42.5. The molecule has 8 nitrogen and oxygen atoms in total. The number of amides is 2. The van der Waals surface area contributed by atoms with Crippen LogP contribution in [0.2, 0.25) is 0 Å². The van der Waals surface area contributed by atoms with E-state index in [-0.39, 0.29) is 28.9 Å². The number of rotatable bonds is 4. The number of ketones is 1. The highest BCUT2D eigenvalue weighted by molar-refractivity contribution is 5.89. The van der Waals surface area contributed by atoms with Crippen LogP contribution in [-0.2, 0) is 22.6 Å². The number of nitrogens with one attached hydrogen (secondary N) is 1. The number of carbonyl (C=O) groups excluding carboxylic acids is 3. The van der Waals surface area contributed by atoms with E-state index in [1.807, 2.05) is 32.7 Å². The SMILES string of the molecule is CC(=O)C1CCN(C(=O)C(NC(=O)n2nc(-c3cc(F)c(F)cc3F)c3c2CCN(C)C3)C(C)(C)C)CC1. The van der Waals surface area contributed by atoms with Crippen molar-refractivity contribution in [3.8, 4) is 11.3 Å². The normalized spacial score (nSPS) is 17.7. The minimum Gasteiger partial charge on any atom is -0.341 e. The number of likely N-dealkylation sites (tertiary alicyclic amines) is 1. The molecule has 1 aromatic heterocycles. The maximum absolute atomic E-state index is 14.7. The number of likely N-dealkylation sites (N-methyl/N-ethyl adjacent to an activating group) is 1. The highest BCUT2D eigenvalue weighted by atomic mass is 19.2. The monoisotopic (exact) mass is 533 g/mol. The zero-order valence-electron chi connectivity index (χ0n) is 22.4. The Morgan fingerprint density at radius 2 is 1.66 bits per heavy atom. The van der Waals surface area contributed by atoms with Gasteiger partial charge in [-0.15, -0.1) is 0 Å². The quantitative estimate of drug-likeness (QED) is 0.605. The van der Waals surface area contributed by atoms with E-state index in [0.29, 0.717) is 62.8 Å². The van der Waals surface area contributed by atoms with Crippen LogP contribution in [-0.4, -0.2) is 70.0 Å². The first-order valence-electron chi connectivity index (χ1n) is 12.8. The first-order valence-corrected chi connectivity index (χ1v) is 12.8. The van der Waals surface area contributed by atoms with Gasteiger partial charge in [-0.05, 0) is 38.3 Å². The van der Waals surface area contributed by atoms with Gasteiger partial charge in [-0.3, -0.25) is 9.59 Å². The zero-order chi connectivity index (χ0) is 27.9. The molecule has 0 aliphatic carbocycles. The smallest absolute Gasteiger partial charge is 0.341 e. The van der Waals surface area contributed by atoms with Crippen LogP contribution in [0.4, 0.5) is 18.0 Å². The van der Waals surface area contributed by atoms with Crippen LogP contribution < -0.4 is 5.32 Å². The molecule has 1 atom stereocenters. The molecule has 2 aromatic rings. The third-order valence-electron chi connectivity index (χ3n) is 7.47. The number of hydrogen-bond acceptors (Lipinski definition) is 5. The molecular weight excluding hydrogens is 499 g/mol. The van der Waals surface area contributed by atoms with E-state index in [1.54, 1.807) is 11.8 Å². The lowest BCUT2D eigenvalue weighted by Gasteiger charge is -2.38. The fourth-order valence-electron chi connectivity index (χ4n) is 5.16. The van der Waals surface area contributed by atoms with Crippen molar-refractivity contribution in [3.63, 3.8) is 0 Å². The van der Waals surface area contributed by atoms with Gasteiger partial charge in [0, 0.05) is 55.7 Å². The number of Topliss-reactive ketones (excluding diaryl/α,β-unsaturated/α-hetero) is 1. The molecule has 2 amide bonds. The molecule has 0 bridgehead atoms. The molecule has 1 N–H and O–H groups in total. The van der Waals surface area contributed by atoms with Gasteiger partial charge in [0.2, 0.25) is 5.91 Å². The number of piperidine rings is 1. The van der Waals surface area contributed by atoms with Crippen molar-refractivity contribution in [2.45, 2.75) is 59.5 Å². The summed E-state index contributed by atoms with van der Waals surface area (Å²) in [5.41, 5.74) is 0.250. The standard InChI is InChI=1S/C27H34F3N5O3/c1-15(36)16-6-10-34(11-7-16)25(37)24(27(2,3)4)31-26(38)35-22-8-9-33(5)14-18(22)23(32-35)17-12-20(29)21(30)13-19(17)28/h12-13,16,24H,6-11,14H2,1-5H3,(H,31,38). The van der Waals surface area contributed by atoms with Gasteiger partial charge < -0.3 is 15.1 Å². The Hall–Kier alpha value is -3.21. The van der Waals surface area contributed by atoms with Crippen LogP contribution in [0.1, 0.15) is 51.8 Å². The highest BCUT2D eigenvalue weighted by Gasteiger charge is 2.38. The van der Waals surface area contributed by atoms with Crippen molar-refractivity contribution >= 4 is 17.7 Å². The molecule has 1 saturated heterocycles. The van der Waals surface area contributed by atoms with E-state index in [9.17, 15) is 27.6 Å². The minimum absolute atomic E-state index is 0.0584. The zero-order valence-corrected chi connectivity index (χ0v) is 22.4. The summed E-state index contributed by atoms with van der Waals surface area (Å²) >= 11 is 0. The van der Waals surface area contributed by atoms with E-state index in [0.717, 1.165) is 10.7 Å². The Balaban J connectivity index is 1.65. The van der Waals surface area contributed by atoms with Gasteiger partial charge in [-0.1, -0.05) is 20.8 Å². The number of fused-ring (bicyclic) bond motifs is 1. The van der Waals surface area contributed by atoms with E-state index >= 15 is 0 Å². The largest absolute Gasteiger partial charge is 0.343 e. The van der Waals surface area contributed by atoms with Crippen LogP contribution in [0.15, 0.2) is 12.1 Å². The molecule has 0 saturated carbocycles. The van der Waals surface area contributed by atoms with E-state index in [2.05, 4.69) is 10.4 Å². The van der Waals surface area contributed by atoms with Crippen LogP contribution in [0.3, 0.4) is 0 Å². The van der Waals surface area contributed by atoms with E-state index < -0.39 is 34.9 Å². The Morgan fingerprint density at radius 1 is 1.03 bits per heavy atom. The molecule has 206 valence electrons. The Morgan fingerprint density at radius 3 is 2.26 bits per heavy atom. The van der Waals surface area contributed by atoms with E-state index in [4.69, 9.17) is 0 Å². The average molecular weight is 534 g/mol. The molecule has 1 unspecified atom stereocenters. The average Bonchev–Trinajstić information content (AvgIpc) is 3.22. The minimum atomic E-state index is -1.31. The lowest BCUT2D eigenvalue weighted by atomic mass is 9.85. The third-order valence-corrected chi connectivity index (χ3v) is 7.47. The fraction of sp³-hybridized carbons (Fsp3) is 0.556. The molecule has 1 fully saturated rings. The molecule has 1 aromatic carbocycles. The molecular formula is C27H34F3N5O3. The Kier molecular flexibility index (Phi) is 7.69. The van der Waals surface area contributed by atoms with Crippen molar-refractivity contribution in [1.82, 2.24) is 24.9 Å². The number of nitrogens with zero attached hydrogens (tertiary/aromatic N) is 4. The van der Waals surface area contributed by atoms with Crippen LogP contribution in [0.5, 0.6) is 0 Å². The summed E-state index contributed by atoms with van der Waals surface area (Å²) in [7, 11) is 1.86. The predicted molar refractivity (Wildman–Crippen MR) is 135 cm³/mol. The summed E-state index contributed by atoms with van der Waals surface area (Å²) in [5, 5.41) is 7.18. The van der Waals surface area contributed by atoms with Crippen LogP contribution in [0, 0.1) is 28.8 Å². The van der Waals surface area contributed by atoms with Crippen LogP contribution >= 0.6 is 0 Å². The van der Waals surface area contributed by atoms with Crippen molar-refractivity contribution in [1.29, 1.82) is 0 Å². The maximum atomic E-state index is 14.7. The topological polar surface area (TPSA) is 87.5 Å². The van der Waals surface area contributed by atoms with E-state index in [1.165, 1.54) is 0 Å². The maximum Gasteiger partial charge on any atom is 0.343 e. The van der Waals surface area contributed by atoms with Gasteiger partial charge in [-0.2, -0.15) is 9.78 Å². The number of halogens is 3. The lowest BCUT2D eigenvalue weighted by Crippen LogP contribution is -2.57. The Bertz CT molecular complexity index is 1260. The molecule has 11 heteroatoms. The summed E-state index contributed by atoms with van der Waals surface area (Å²) in [6.07, 6.45) is 1.58. The predicted octanol–water partition coefficient (Wildman–Crippen LogP) is 3.76. The van der Waals surface area contributed by atoms with Crippen molar-refractivity contribution in [2.24, 2.45) is 11.3 Å². The summed E-state index contributed by atoms with van der Waals surface area (Å²) in [5.74, 6) is -3.72. The summed E-state index contributed by atoms with van der Waals surface area (Å²) in [6, 6.07) is -0.340. The van der Waals surface area contributed by atoms with Gasteiger partial charge in [0.25, 0.3) is 0 Å². The van der Waals surface area contributed by atoms with Gasteiger partial charge >= 0.3 is 6.03 Å². The molecule has 3 heterocycles. The van der Waals surface area contributed by atoms with Gasteiger partial charge in [-0.25, -0.2) is 18.0 Å². The van der Waals surface area contributed by atoms with Crippen molar-refractivity contribution < 1.29 is 27.6 Å².